The molecule has 0 saturated heterocycles. The molecule has 102 valence electrons. The Bertz CT molecular complexity index is 511. The molecule has 0 amide bonds. The minimum atomic E-state index is 0.715. The van der Waals surface area contributed by atoms with E-state index in [1.807, 2.05) is 0 Å². The highest BCUT2D eigenvalue weighted by Crippen LogP contribution is 2.28. The van der Waals surface area contributed by atoms with Crippen LogP contribution in [0.2, 0.25) is 0 Å². The molecule has 19 heavy (non-hydrogen) atoms. The van der Waals surface area contributed by atoms with Gasteiger partial charge in [-0.1, -0.05) is 13.8 Å². The molecule has 2 aromatic rings. The van der Waals surface area contributed by atoms with Crippen LogP contribution in [-0.2, 0) is 6.67 Å². The monoisotopic (exact) mass is 275 g/mol. The van der Waals surface area contributed by atoms with E-state index in [0.29, 0.717) is 5.92 Å². The first-order chi connectivity index (χ1) is 9.22. The SMILES string of the molecule is CC(C)CN(Cn1ccc(-c2ccsc2)n1)C1CC1. The van der Waals surface area contributed by atoms with Gasteiger partial charge in [0.2, 0.25) is 0 Å². The summed E-state index contributed by atoms with van der Waals surface area (Å²) in [5.41, 5.74) is 2.31. The summed E-state index contributed by atoms with van der Waals surface area (Å²) in [7, 11) is 0. The molecular weight excluding hydrogens is 254 g/mol. The third-order valence-electron chi connectivity index (χ3n) is 3.45. The van der Waals surface area contributed by atoms with Crippen LogP contribution >= 0.6 is 11.3 Å². The van der Waals surface area contributed by atoms with Gasteiger partial charge in [-0.05, 0) is 36.3 Å². The van der Waals surface area contributed by atoms with Crippen molar-refractivity contribution in [2.24, 2.45) is 5.92 Å². The second-order valence-electron chi connectivity index (χ2n) is 5.79. The molecular formula is C15H21N3S. The van der Waals surface area contributed by atoms with Gasteiger partial charge in [0.15, 0.2) is 0 Å². The maximum Gasteiger partial charge on any atom is 0.0932 e. The Labute approximate surface area is 118 Å². The molecule has 0 aromatic carbocycles. The maximum atomic E-state index is 4.69. The van der Waals surface area contributed by atoms with Crippen molar-refractivity contribution in [3.05, 3.63) is 29.1 Å². The molecule has 2 heterocycles. The highest BCUT2D eigenvalue weighted by molar-refractivity contribution is 7.08. The molecule has 1 aliphatic carbocycles. The first kappa shape index (κ1) is 12.9. The molecule has 1 fully saturated rings. The van der Waals surface area contributed by atoms with Crippen LogP contribution < -0.4 is 0 Å². The van der Waals surface area contributed by atoms with Crippen molar-refractivity contribution in [1.29, 1.82) is 0 Å². The number of hydrogen-bond acceptors (Lipinski definition) is 3. The number of thiophene rings is 1. The lowest BCUT2D eigenvalue weighted by Gasteiger charge is -2.23. The fourth-order valence-corrected chi connectivity index (χ4v) is 3.07. The molecule has 0 radical (unpaired) electrons. The van der Waals surface area contributed by atoms with E-state index in [1.54, 1.807) is 11.3 Å². The highest BCUT2D eigenvalue weighted by atomic mass is 32.1. The van der Waals surface area contributed by atoms with Gasteiger partial charge in [-0.2, -0.15) is 16.4 Å². The fraction of sp³-hybridized carbons (Fsp3) is 0.533. The zero-order chi connectivity index (χ0) is 13.2. The van der Waals surface area contributed by atoms with E-state index in [4.69, 9.17) is 5.10 Å². The summed E-state index contributed by atoms with van der Waals surface area (Å²) < 4.78 is 2.08. The molecule has 0 atom stereocenters. The summed E-state index contributed by atoms with van der Waals surface area (Å²) in [6.07, 6.45) is 4.81. The van der Waals surface area contributed by atoms with Crippen molar-refractivity contribution in [2.45, 2.75) is 39.4 Å². The van der Waals surface area contributed by atoms with Crippen LogP contribution in [0.1, 0.15) is 26.7 Å². The van der Waals surface area contributed by atoms with E-state index in [2.05, 4.69) is 52.5 Å². The van der Waals surface area contributed by atoms with Gasteiger partial charge in [-0.15, -0.1) is 0 Å². The van der Waals surface area contributed by atoms with E-state index in [-0.39, 0.29) is 0 Å². The average molecular weight is 275 g/mol. The van der Waals surface area contributed by atoms with Crippen LogP contribution in [-0.4, -0.2) is 27.3 Å². The van der Waals surface area contributed by atoms with E-state index >= 15 is 0 Å². The predicted molar refractivity (Wildman–Crippen MR) is 80.1 cm³/mol. The second-order valence-corrected chi connectivity index (χ2v) is 6.57. The third kappa shape index (κ3) is 3.25. The van der Waals surface area contributed by atoms with Gasteiger partial charge in [-0.3, -0.25) is 9.58 Å². The van der Waals surface area contributed by atoms with Crippen LogP contribution in [0, 0.1) is 5.92 Å². The van der Waals surface area contributed by atoms with Gasteiger partial charge in [0.25, 0.3) is 0 Å². The van der Waals surface area contributed by atoms with Crippen molar-refractivity contribution in [1.82, 2.24) is 14.7 Å². The number of nitrogens with zero attached hydrogens (tertiary/aromatic N) is 3. The second kappa shape index (κ2) is 5.47. The molecule has 1 saturated carbocycles. The maximum absolute atomic E-state index is 4.69. The van der Waals surface area contributed by atoms with Crippen molar-refractivity contribution in [2.75, 3.05) is 6.54 Å². The van der Waals surface area contributed by atoms with Crippen LogP contribution in [0.5, 0.6) is 0 Å². The molecule has 0 bridgehead atoms. The normalized spacial score (nSPS) is 15.6. The first-order valence-electron chi connectivity index (χ1n) is 7.02. The largest absolute Gasteiger partial charge is 0.281 e. The molecule has 1 aliphatic rings. The van der Waals surface area contributed by atoms with Crippen molar-refractivity contribution >= 4 is 11.3 Å². The lowest BCUT2D eigenvalue weighted by Crippen LogP contribution is -2.32. The lowest BCUT2D eigenvalue weighted by atomic mass is 10.2. The molecule has 0 aliphatic heterocycles. The zero-order valence-electron chi connectivity index (χ0n) is 11.6. The Morgan fingerprint density at radius 1 is 1.42 bits per heavy atom. The Morgan fingerprint density at radius 2 is 2.26 bits per heavy atom. The van der Waals surface area contributed by atoms with Gasteiger partial charge in [0.05, 0.1) is 12.4 Å². The minimum Gasteiger partial charge on any atom is -0.281 e. The number of rotatable bonds is 6. The van der Waals surface area contributed by atoms with Crippen molar-refractivity contribution in [3.63, 3.8) is 0 Å². The molecule has 0 unspecified atom stereocenters. The smallest absolute Gasteiger partial charge is 0.0932 e. The number of aromatic nitrogens is 2. The van der Waals surface area contributed by atoms with Gasteiger partial charge >= 0.3 is 0 Å². The van der Waals surface area contributed by atoms with E-state index in [0.717, 1.165) is 24.9 Å². The van der Waals surface area contributed by atoms with Crippen LogP contribution in [0.15, 0.2) is 29.1 Å². The molecule has 0 N–H and O–H groups in total. The summed E-state index contributed by atoms with van der Waals surface area (Å²) in [4.78, 5) is 2.56. The van der Waals surface area contributed by atoms with E-state index in [9.17, 15) is 0 Å². The Hall–Kier alpha value is -1.13. The molecule has 3 nitrogen and oxygen atoms in total. The van der Waals surface area contributed by atoms with Crippen LogP contribution in [0.3, 0.4) is 0 Å². The summed E-state index contributed by atoms with van der Waals surface area (Å²) in [6.45, 7) is 6.66. The Balaban J connectivity index is 1.68. The van der Waals surface area contributed by atoms with E-state index in [1.165, 1.54) is 18.4 Å². The van der Waals surface area contributed by atoms with Gasteiger partial charge in [0, 0.05) is 29.7 Å². The average Bonchev–Trinajstić information content (AvgIpc) is 2.89. The molecule has 2 aromatic heterocycles. The Morgan fingerprint density at radius 3 is 2.89 bits per heavy atom. The quantitative estimate of drug-likeness (QED) is 0.801. The Kier molecular flexibility index (Phi) is 3.71. The predicted octanol–water partition coefficient (Wildman–Crippen LogP) is 3.69. The molecule has 4 heteroatoms. The van der Waals surface area contributed by atoms with Gasteiger partial charge < -0.3 is 0 Å². The van der Waals surface area contributed by atoms with Crippen LogP contribution in [0.4, 0.5) is 0 Å². The third-order valence-corrected chi connectivity index (χ3v) is 4.13. The molecule has 0 spiro atoms. The standard InChI is InChI=1S/C15H21N3S/c1-12(2)9-17(14-3-4-14)11-18-7-5-15(16-18)13-6-8-19-10-13/h5-8,10,12,14H,3-4,9,11H2,1-2H3. The van der Waals surface area contributed by atoms with Gasteiger partial charge in [-0.25, -0.2) is 0 Å². The minimum absolute atomic E-state index is 0.715. The van der Waals surface area contributed by atoms with E-state index < -0.39 is 0 Å². The number of hydrogen-bond donors (Lipinski definition) is 0. The van der Waals surface area contributed by atoms with Crippen LogP contribution in [0.25, 0.3) is 11.3 Å². The summed E-state index contributed by atoms with van der Waals surface area (Å²) >= 11 is 1.72. The highest BCUT2D eigenvalue weighted by Gasteiger charge is 2.29. The molecule has 3 rings (SSSR count). The fourth-order valence-electron chi connectivity index (χ4n) is 2.42. The summed E-state index contributed by atoms with van der Waals surface area (Å²) in [6, 6.07) is 5.03. The zero-order valence-corrected chi connectivity index (χ0v) is 12.4. The van der Waals surface area contributed by atoms with Crippen molar-refractivity contribution in [3.8, 4) is 11.3 Å². The summed E-state index contributed by atoms with van der Waals surface area (Å²) in [5, 5.41) is 8.94. The van der Waals surface area contributed by atoms with Gasteiger partial charge in [0.1, 0.15) is 0 Å². The topological polar surface area (TPSA) is 21.1 Å². The lowest BCUT2D eigenvalue weighted by molar-refractivity contribution is 0.176. The first-order valence-corrected chi connectivity index (χ1v) is 7.97. The van der Waals surface area contributed by atoms with Crippen molar-refractivity contribution < 1.29 is 0 Å². The summed E-state index contributed by atoms with van der Waals surface area (Å²) in [5.74, 6) is 0.715.